The van der Waals surface area contributed by atoms with Crippen molar-refractivity contribution in [3.63, 3.8) is 0 Å². The van der Waals surface area contributed by atoms with Crippen molar-refractivity contribution in [2.45, 2.75) is 13.0 Å². The van der Waals surface area contributed by atoms with E-state index in [2.05, 4.69) is 46.9 Å². The molecule has 0 aliphatic carbocycles. The maximum Gasteiger partial charge on any atom is 0.0795 e. The van der Waals surface area contributed by atoms with Crippen LogP contribution in [0.5, 0.6) is 0 Å². The summed E-state index contributed by atoms with van der Waals surface area (Å²) in [6.45, 7) is 2.13. The Kier molecular flexibility index (Phi) is 3.14. The molecule has 3 heteroatoms. The normalized spacial score (nSPS) is 12.7. The van der Waals surface area contributed by atoms with Crippen LogP contribution in [0, 0.1) is 6.92 Å². The number of rotatable bonds is 3. The van der Waals surface area contributed by atoms with Crippen LogP contribution in [-0.4, -0.2) is 12.0 Å². The third-order valence-corrected chi connectivity index (χ3v) is 3.14. The summed E-state index contributed by atoms with van der Waals surface area (Å²) in [7, 11) is 1.97. The van der Waals surface area contributed by atoms with Crippen LogP contribution in [-0.2, 0) is 0 Å². The third kappa shape index (κ3) is 2.08. The summed E-state index contributed by atoms with van der Waals surface area (Å²) in [4.78, 5) is 4.36. The van der Waals surface area contributed by atoms with Crippen LogP contribution in [0.2, 0.25) is 0 Å². The van der Waals surface area contributed by atoms with Crippen molar-refractivity contribution in [3.8, 4) is 0 Å². The van der Waals surface area contributed by atoms with Gasteiger partial charge in [0.25, 0.3) is 0 Å². The Balaban J connectivity index is 2.40. The van der Waals surface area contributed by atoms with Gasteiger partial charge in [0.1, 0.15) is 0 Å². The fraction of sp³-hybridized carbons (Fsp3) is 0.250. The summed E-state index contributed by atoms with van der Waals surface area (Å²) in [5.74, 6) is 0. The number of aromatic nitrogens is 1. The van der Waals surface area contributed by atoms with E-state index < -0.39 is 0 Å². The first-order valence-corrected chi connectivity index (χ1v) is 5.88. The Hall–Kier alpha value is -1.19. The molecule has 15 heavy (non-hydrogen) atoms. The molecule has 1 aromatic heterocycles. The first-order valence-electron chi connectivity index (χ1n) is 4.94. The fourth-order valence-electron chi connectivity index (χ4n) is 1.74. The second-order valence-corrected chi connectivity index (χ2v) is 4.21. The second kappa shape index (κ2) is 4.55. The predicted octanol–water partition coefficient (Wildman–Crippen LogP) is 2.76. The van der Waals surface area contributed by atoms with Crippen molar-refractivity contribution in [3.05, 3.63) is 52.0 Å². The first-order chi connectivity index (χ1) is 7.33. The molecule has 0 radical (unpaired) electrons. The van der Waals surface area contributed by atoms with E-state index in [0.717, 1.165) is 5.69 Å². The van der Waals surface area contributed by atoms with Gasteiger partial charge >= 0.3 is 0 Å². The van der Waals surface area contributed by atoms with E-state index in [-0.39, 0.29) is 6.04 Å². The highest BCUT2D eigenvalue weighted by Crippen LogP contribution is 2.23. The molecule has 0 aliphatic heterocycles. The molecule has 1 aromatic carbocycles. The molecule has 2 rings (SSSR count). The number of nitrogens with one attached hydrogen (secondary N) is 1. The highest BCUT2D eigenvalue weighted by molar-refractivity contribution is 7.07. The third-order valence-electron chi connectivity index (χ3n) is 2.54. The van der Waals surface area contributed by atoms with Gasteiger partial charge in [0.15, 0.2) is 0 Å². The van der Waals surface area contributed by atoms with Crippen LogP contribution in [0.3, 0.4) is 0 Å². The van der Waals surface area contributed by atoms with Gasteiger partial charge in [-0.2, -0.15) is 0 Å². The van der Waals surface area contributed by atoms with Crippen molar-refractivity contribution >= 4 is 11.3 Å². The summed E-state index contributed by atoms with van der Waals surface area (Å²) in [5, 5.41) is 5.40. The lowest BCUT2D eigenvalue weighted by Crippen LogP contribution is -2.18. The lowest BCUT2D eigenvalue weighted by Gasteiger charge is -2.16. The number of nitrogens with zero attached hydrogens (tertiary/aromatic N) is 1. The number of hydrogen-bond acceptors (Lipinski definition) is 3. The van der Waals surface area contributed by atoms with Crippen molar-refractivity contribution in [1.29, 1.82) is 0 Å². The van der Waals surface area contributed by atoms with E-state index in [9.17, 15) is 0 Å². The zero-order valence-corrected chi connectivity index (χ0v) is 9.71. The predicted molar refractivity (Wildman–Crippen MR) is 64.2 cm³/mol. The van der Waals surface area contributed by atoms with Crippen LogP contribution in [0.25, 0.3) is 0 Å². The minimum absolute atomic E-state index is 0.206. The molecule has 0 fully saturated rings. The molecule has 1 unspecified atom stereocenters. The minimum atomic E-state index is 0.206. The van der Waals surface area contributed by atoms with Crippen LogP contribution in [0.15, 0.2) is 35.2 Å². The summed E-state index contributed by atoms with van der Waals surface area (Å²) in [6, 6.07) is 8.62. The lowest BCUT2D eigenvalue weighted by atomic mass is 10.00. The average molecular weight is 218 g/mol. The van der Waals surface area contributed by atoms with E-state index in [4.69, 9.17) is 0 Å². The first kappa shape index (κ1) is 10.3. The van der Waals surface area contributed by atoms with Crippen LogP contribution in [0.1, 0.15) is 22.9 Å². The van der Waals surface area contributed by atoms with Gasteiger partial charge in [-0.3, -0.25) is 0 Å². The van der Waals surface area contributed by atoms with Gasteiger partial charge in [-0.1, -0.05) is 24.3 Å². The molecule has 0 spiro atoms. The Morgan fingerprint density at radius 3 is 2.73 bits per heavy atom. The van der Waals surface area contributed by atoms with Gasteiger partial charge in [-0.25, -0.2) is 4.98 Å². The van der Waals surface area contributed by atoms with Crippen molar-refractivity contribution in [1.82, 2.24) is 10.3 Å². The van der Waals surface area contributed by atoms with E-state index in [1.165, 1.54) is 11.1 Å². The number of hydrogen-bond donors (Lipinski definition) is 1. The number of thiazole rings is 1. The van der Waals surface area contributed by atoms with Gasteiger partial charge in [0.05, 0.1) is 17.2 Å². The number of benzene rings is 1. The van der Waals surface area contributed by atoms with Gasteiger partial charge in [-0.05, 0) is 25.1 Å². The van der Waals surface area contributed by atoms with Gasteiger partial charge in [0, 0.05) is 5.38 Å². The monoisotopic (exact) mass is 218 g/mol. The largest absolute Gasteiger partial charge is 0.308 e. The molecule has 0 saturated carbocycles. The molecular weight excluding hydrogens is 204 g/mol. The fourth-order valence-corrected chi connectivity index (χ4v) is 2.32. The van der Waals surface area contributed by atoms with Gasteiger partial charge < -0.3 is 5.32 Å². The van der Waals surface area contributed by atoms with E-state index in [1.807, 2.05) is 12.6 Å². The highest BCUT2D eigenvalue weighted by Gasteiger charge is 2.14. The SMILES string of the molecule is CNC(c1cscn1)c1ccccc1C. The second-order valence-electron chi connectivity index (χ2n) is 3.49. The molecule has 2 aromatic rings. The van der Waals surface area contributed by atoms with E-state index in [0.29, 0.717) is 0 Å². The summed E-state index contributed by atoms with van der Waals surface area (Å²) >= 11 is 1.63. The molecule has 1 atom stereocenters. The maximum absolute atomic E-state index is 4.36. The smallest absolute Gasteiger partial charge is 0.0795 e. The summed E-state index contributed by atoms with van der Waals surface area (Å²) < 4.78 is 0. The molecule has 0 amide bonds. The highest BCUT2D eigenvalue weighted by atomic mass is 32.1. The molecule has 1 heterocycles. The maximum atomic E-state index is 4.36. The van der Waals surface area contributed by atoms with E-state index in [1.54, 1.807) is 11.3 Å². The topological polar surface area (TPSA) is 24.9 Å². The summed E-state index contributed by atoms with van der Waals surface area (Å²) in [5.41, 5.74) is 5.56. The van der Waals surface area contributed by atoms with Gasteiger partial charge in [0.2, 0.25) is 0 Å². The van der Waals surface area contributed by atoms with Gasteiger partial charge in [-0.15, -0.1) is 11.3 Å². The quantitative estimate of drug-likeness (QED) is 0.857. The molecule has 0 aliphatic rings. The van der Waals surface area contributed by atoms with Crippen LogP contribution in [0.4, 0.5) is 0 Å². The Bertz CT molecular complexity index is 423. The average Bonchev–Trinajstić information content (AvgIpc) is 2.75. The summed E-state index contributed by atoms with van der Waals surface area (Å²) in [6.07, 6.45) is 0. The van der Waals surface area contributed by atoms with Crippen molar-refractivity contribution in [2.24, 2.45) is 0 Å². The standard InChI is InChI=1S/C12H14N2S/c1-9-5-3-4-6-10(9)12(13-2)11-7-15-8-14-11/h3-8,12-13H,1-2H3. The van der Waals surface area contributed by atoms with Crippen molar-refractivity contribution in [2.75, 3.05) is 7.05 Å². The molecule has 2 nitrogen and oxygen atoms in total. The zero-order chi connectivity index (χ0) is 10.7. The zero-order valence-electron chi connectivity index (χ0n) is 8.90. The minimum Gasteiger partial charge on any atom is -0.308 e. The van der Waals surface area contributed by atoms with Crippen LogP contribution < -0.4 is 5.32 Å². The molecule has 1 N–H and O–H groups in total. The van der Waals surface area contributed by atoms with Crippen molar-refractivity contribution < 1.29 is 0 Å². The Morgan fingerprint density at radius 1 is 1.33 bits per heavy atom. The molecule has 78 valence electrons. The molecule has 0 bridgehead atoms. The van der Waals surface area contributed by atoms with Crippen LogP contribution >= 0.6 is 11.3 Å². The number of aryl methyl sites for hydroxylation is 1. The van der Waals surface area contributed by atoms with E-state index >= 15 is 0 Å². The Morgan fingerprint density at radius 2 is 2.13 bits per heavy atom. The Labute approximate surface area is 94.0 Å². The lowest BCUT2D eigenvalue weighted by molar-refractivity contribution is 0.671. The molecular formula is C12H14N2S. The molecule has 0 saturated heterocycles.